The average molecular weight is 463 g/mol. The van der Waals surface area contributed by atoms with Crippen LogP contribution in [-0.4, -0.2) is 15.9 Å². The highest BCUT2D eigenvalue weighted by molar-refractivity contribution is 5.94. The van der Waals surface area contributed by atoms with Crippen molar-refractivity contribution in [2.75, 3.05) is 0 Å². The Morgan fingerprint density at radius 1 is 0.743 bits per heavy atom. The van der Waals surface area contributed by atoms with E-state index in [4.69, 9.17) is 9.47 Å². The fourth-order valence-corrected chi connectivity index (χ4v) is 4.30. The molecule has 0 bridgehead atoms. The van der Waals surface area contributed by atoms with Crippen LogP contribution in [0, 0.1) is 0 Å². The second-order valence-corrected chi connectivity index (χ2v) is 8.41. The van der Waals surface area contributed by atoms with Crippen LogP contribution in [0.5, 0.6) is 5.88 Å². The van der Waals surface area contributed by atoms with Gasteiger partial charge in [0.2, 0.25) is 5.88 Å². The Balaban J connectivity index is 1.38. The molecule has 1 aliphatic carbocycles. The number of carbonyl (C=O) groups is 1. The van der Waals surface area contributed by atoms with Crippen molar-refractivity contribution in [1.82, 2.24) is 9.97 Å². The molecule has 0 N–H and O–H groups in total. The molecule has 0 spiro atoms. The van der Waals surface area contributed by atoms with Crippen LogP contribution in [0.2, 0.25) is 0 Å². The Bertz CT molecular complexity index is 1330. The van der Waals surface area contributed by atoms with Gasteiger partial charge in [-0.25, -0.2) is 14.8 Å². The Labute approximate surface area is 205 Å². The molecule has 0 saturated heterocycles. The number of allylic oxidation sites excluding steroid dienone is 2. The Hall–Kier alpha value is -4.25. The molecule has 2 heterocycles. The number of hydrogen-bond donors (Lipinski definition) is 0. The number of rotatable bonds is 8. The SMILES string of the molecule is O=C(OCc1ccccc1)c1cccc(C2=C(c3cccnc3OCc3ccccc3)CCC2)n1. The Morgan fingerprint density at radius 3 is 2.23 bits per heavy atom. The van der Waals surface area contributed by atoms with Gasteiger partial charge in [-0.3, -0.25) is 0 Å². The molecule has 0 fully saturated rings. The molecule has 174 valence electrons. The normalized spacial score (nSPS) is 13.0. The van der Waals surface area contributed by atoms with Crippen LogP contribution < -0.4 is 4.74 Å². The topological polar surface area (TPSA) is 61.3 Å². The molecule has 5 heteroatoms. The van der Waals surface area contributed by atoms with Crippen LogP contribution in [-0.2, 0) is 18.0 Å². The summed E-state index contributed by atoms with van der Waals surface area (Å²) < 4.78 is 11.6. The van der Waals surface area contributed by atoms with Crippen LogP contribution in [0.3, 0.4) is 0 Å². The van der Waals surface area contributed by atoms with Crippen LogP contribution in [0.4, 0.5) is 0 Å². The van der Waals surface area contributed by atoms with Crippen molar-refractivity contribution in [2.45, 2.75) is 32.5 Å². The van der Waals surface area contributed by atoms with E-state index in [0.29, 0.717) is 18.2 Å². The van der Waals surface area contributed by atoms with Gasteiger partial charge in [-0.15, -0.1) is 0 Å². The molecule has 5 nitrogen and oxygen atoms in total. The molecule has 4 aromatic rings. The number of carbonyl (C=O) groups excluding carboxylic acids is 1. The molecule has 0 aliphatic heterocycles. The number of hydrogen-bond acceptors (Lipinski definition) is 5. The number of nitrogens with zero attached hydrogens (tertiary/aromatic N) is 2. The summed E-state index contributed by atoms with van der Waals surface area (Å²) in [5.74, 6) is 0.188. The number of pyridine rings is 2. The number of benzene rings is 2. The second kappa shape index (κ2) is 10.8. The molecule has 0 radical (unpaired) electrons. The van der Waals surface area contributed by atoms with Gasteiger partial charge in [0.1, 0.15) is 18.9 Å². The second-order valence-electron chi connectivity index (χ2n) is 8.41. The lowest BCUT2D eigenvalue weighted by molar-refractivity contribution is 0.0465. The van der Waals surface area contributed by atoms with Crippen molar-refractivity contribution in [3.05, 3.63) is 125 Å². The lowest BCUT2D eigenvalue weighted by Crippen LogP contribution is -2.08. The third kappa shape index (κ3) is 5.46. The number of esters is 1. The summed E-state index contributed by atoms with van der Waals surface area (Å²) in [6.45, 7) is 0.672. The summed E-state index contributed by atoms with van der Waals surface area (Å²) in [4.78, 5) is 21.9. The molecule has 5 rings (SSSR count). The summed E-state index contributed by atoms with van der Waals surface area (Å²) in [6.07, 6.45) is 4.56. The van der Waals surface area contributed by atoms with Crippen molar-refractivity contribution < 1.29 is 14.3 Å². The summed E-state index contributed by atoms with van der Waals surface area (Å²) in [5, 5.41) is 0. The van der Waals surface area contributed by atoms with E-state index < -0.39 is 5.97 Å². The van der Waals surface area contributed by atoms with Crippen molar-refractivity contribution in [3.63, 3.8) is 0 Å². The molecule has 2 aromatic carbocycles. The quantitative estimate of drug-likeness (QED) is 0.280. The van der Waals surface area contributed by atoms with Crippen molar-refractivity contribution >= 4 is 17.1 Å². The predicted molar refractivity (Wildman–Crippen MR) is 135 cm³/mol. The Kier molecular flexibility index (Phi) is 6.94. The molecule has 35 heavy (non-hydrogen) atoms. The lowest BCUT2D eigenvalue weighted by Gasteiger charge is -2.13. The van der Waals surface area contributed by atoms with Crippen molar-refractivity contribution in [3.8, 4) is 5.88 Å². The fraction of sp³-hybridized carbons (Fsp3) is 0.167. The molecule has 0 saturated carbocycles. The fourth-order valence-electron chi connectivity index (χ4n) is 4.30. The highest BCUT2D eigenvalue weighted by atomic mass is 16.5. The molecular weight excluding hydrogens is 436 g/mol. The highest BCUT2D eigenvalue weighted by Gasteiger charge is 2.23. The lowest BCUT2D eigenvalue weighted by atomic mass is 10.0. The summed E-state index contributed by atoms with van der Waals surface area (Å²) in [5.41, 5.74) is 6.41. The van der Waals surface area contributed by atoms with E-state index in [1.165, 1.54) is 5.57 Å². The first-order valence-electron chi connectivity index (χ1n) is 11.8. The van der Waals surface area contributed by atoms with Gasteiger partial charge >= 0.3 is 5.97 Å². The van der Waals surface area contributed by atoms with Crippen molar-refractivity contribution in [1.29, 1.82) is 0 Å². The third-order valence-electron chi connectivity index (χ3n) is 6.01. The van der Waals surface area contributed by atoms with E-state index in [9.17, 15) is 4.79 Å². The third-order valence-corrected chi connectivity index (χ3v) is 6.01. The van der Waals surface area contributed by atoms with Gasteiger partial charge in [0, 0.05) is 11.8 Å². The molecule has 0 atom stereocenters. The molecule has 2 aromatic heterocycles. The highest BCUT2D eigenvalue weighted by Crippen LogP contribution is 2.41. The maximum atomic E-state index is 12.7. The van der Waals surface area contributed by atoms with Gasteiger partial charge in [-0.1, -0.05) is 66.7 Å². The van der Waals surface area contributed by atoms with Crippen LogP contribution in [0.15, 0.2) is 97.2 Å². The zero-order valence-electron chi connectivity index (χ0n) is 19.4. The van der Waals surface area contributed by atoms with Gasteiger partial charge in [-0.2, -0.15) is 0 Å². The molecule has 0 amide bonds. The monoisotopic (exact) mass is 462 g/mol. The standard InChI is InChI=1S/C30H26N2O3/c33-30(35-21-23-12-5-2-6-13-23)28-18-8-17-27(32-28)25-15-7-14-24(25)26-16-9-19-31-29(26)34-20-22-10-3-1-4-11-22/h1-6,8-13,16-19H,7,14-15,20-21H2. The minimum absolute atomic E-state index is 0.220. The minimum Gasteiger partial charge on any atom is -0.472 e. The summed E-state index contributed by atoms with van der Waals surface area (Å²) in [6, 6.07) is 29.2. The maximum Gasteiger partial charge on any atom is 0.357 e. The predicted octanol–water partition coefficient (Wildman–Crippen LogP) is 6.51. The van der Waals surface area contributed by atoms with E-state index >= 15 is 0 Å². The van der Waals surface area contributed by atoms with Gasteiger partial charge in [0.05, 0.1) is 5.69 Å². The average Bonchev–Trinajstić information content (AvgIpc) is 3.42. The van der Waals surface area contributed by atoms with Gasteiger partial charge in [0.15, 0.2) is 0 Å². The van der Waals surface area contributed by atoms with E-state index in [1.807, 2.05) is 84.9 Å². The van der Waals surface area contributed by atoms with Crippen LogP contribution in [0.25, 0.3) is 11.1 Å². The smallest absolute Gasteiger partial charge is 0.357 e. The van der Waals surface area contributed by atoms with Crippen LogP contribution >= 0.6 is 0 Å². The Morgan fingerprint density at radius 2 is 1.46 bits per heavy atom. The summed E-state index contributed by atoms with van der Waals surface area (Å²) >= 11 is 0. The van der Waals surface area contributed by atoms with Gasteiger partial charge in [-0.05, 0) is 65.8 Å². The maximum absolute atomic E-state index is 12.7. The number of aromatic nitrogens is 2. The van der Waals surface area contributed by atoms with E-state index in [0.717, 1.165) is 47.2 Å². The zero-order chi connectivity index (χ0) is 23.9. The van der Waals surface area contributed by atoms with Gasteiger partial charge in [0.25, 0.3) is 0 Å². The zero-order valence-corrected chi connectivity index (χ0v) is 19.4. The van der Waals surface area contributed by atoms with Crippen LogP contribution in [0.1, 0.15) is 52.1 Å². The molecule has 1 aliphatic rings. The van der Waals surface area contributed by atoms with Crippen molar-refractivity contribution in [2.24, 2.45) is 0 Å². The minimum atomic E-state index is -0.427. The molecular formula is C30H26N2O3. The summed E-state index contributed by atoms with van der Waals surface area (Å²) in [7, 11) is 0. The largest absolute Gasteiger partial charge is 0.472 e. The van der Waals surface area contributed by atoms with E-state index in [2.05, 4.69) is 9.97 Å². The van der Waals surface area contributed by atoms with E-state index in [1.54, 1.807) is 12.3 Å². The molecule has 0 unspecified atom stereocenters. The number of ether oxygens (including phenoxy) is 2. The first-order chi connectivity index (χ1) is 17.3. The van der Waals surface area contributed by atoms with E-state index in [-0.39, 0.29) is 6.61 Å². The first kappa shape index (κ1) is 22.5. The van der Waals surface area contributed by atoms with Gasteiger partial charge < -0.3 is 9.47 Å². The first-order valence-corrected chi connectivity index (χ1v) is 11.8.